The number of ketones is 1. The molecule has 0 heterocycles. The highest BCUT2D eigenvalue weighted by Crippen LogP contribution is 2.37. The van der Waals surface area contributed by atoms with Crippen LogP contribution in [0.25, 0.3) is 0 Å². The van der Waals surface area contributed by atoms with E-state index in [0.29, 0.717) is 18.3 Å². The summed E-state index contributed by atoms with van der Waals surface area (Å²) in [7, 11) is 0. The van der Waals surface area contributed by atoms with E-state index in [1.54, 1.807) is 26.8 Å². The summed E-state index contributed by atoms with van der Waals surface area (Å²) in [5, 5.41) is 0. The van der Waals surface area contributed by atoms with Crippen molar-refractivity contribution in [2.75, 3.05) is 0 Å². The Morgan fingerprint density at radius 1 is 1.21 bits per heavy atom. The minimum atomic E-state index is -0.771. The van der Waals surface area contributed by atoms with Gasteiger partial charge in [0.05, 0.1) is 0 Å². The Morgan fingerprint density at radius 2 is 1.79 bits per heavy atom. The number of allylic oxidation sites excluding steroid dienone is 1. The molecule has 24 heavy (non-hydrogen) atoms. The third-order valence-electron chi connectivity index (χ3n) is 4.08. The molecule has 0 bridgehead atoms. The fourth-order valence-electron chi connectivity index (χ4n) is 3.04. The van der Waals surface area contributed by atoms with Crippen LogP contribution in [0.4, 0.5) is 4.79 Å². The Bertz CT molecular complexity index is 489. The molecule has 1 aliphatic carbocycles. The standard InChI is InChI=1S/C20H34O4/c1-13(2)15(12-19(3,4)5)14-9-10-17(16(21)11-14)23-18(22)24-20(6,7)8/h11,13,15,17H,9-10,12H2,1-8H3. The minimum absolute atomic E-state index is 0.123. The SMILES string of the molecule is CC(C)C(CC(C)(C)C)C1=CC(=O)C(OC(=O)OC(C)(C)C)CC1. The van der Waals surface area contributed by atoms with Gasteiger partial charge in [0.1, 0.15) is 5.60 Å². The average Bonchev–Trinajstić information content (AvgIpc) is 2.35. The summed E-state index contributed by atoms with van der Waals surface area (Å²) in [6.45, 7) is 16.4. The molecular weight excluding hydrogens is 304 g/mol. The Kier molecular flexibility index (Phi) is 6.66. The Labute approximate surface area is 147 Å². The van der Waals surface area contributed by atoms with E-state index < -0.39 is 17.9 Å². The van der Waals surface area contributed by atoms with Crippen molar-refractivity contribution in [3.05, 3.63) is 11.6 Å². The van der Waals surface area contributed by atoms with Crippen LogP contribution in [-0.2, 0) is 14.3 Å². The van der Waals surface area contributed by atoms with Crippen molar-refractivity contribution in [3.63, 3.8) is 0 Å². The van der Waals surface area contributed by atoms with Crippen molar-refractivity contribution < 1.29 is 19.1 Å². The number of rotatable bonds is 4. The van der Waals surface area contributed by atoms with Gasteiger partial charge in [-0.25, -0.2) is 4.79 Å². The van der Waals surface area contributed by atoms with E-state index in [-0.39, 0.29) is 11.2 Å². The molecular formula is C20H34O4. The topological polar surface area (TPSA) is 52.6 Å². The van der Waals surface area contributed by atoms with Gasteiger partial charge in [0.15, 0.2) is 11.9 Å². The van der Waals surface area contributed by atoms with Crippen molar-refractivity contribution >= 4 is 11.9 Å². The average molecular weight is 338 g/mol. The predicted molar refractivity (Wildman–Crippen MR) is 95.8 cm³/mol. The number of carbonyl (C=O) groups excluding carboxylic acids is 2. The van der Waals surface area contributed by atoms with Gasteiger partial charge in [0, 0.05) is 0 Å². The van der Waals surface area contributed by atoms with Gasteiger partial charge in [-0.3, -0.25) is 4.79 Å². The third-order valence-corrected chi connectivity index (χ3v) is 4.08. The van der Waals surface area contributed by atoms with Crippen LogP contribution < -0.4 is 0 Å². The molecule has 2 atom stereocenters. The summed E-state index contributed by atoms with van der Waals surface area (Å²) in [5.41, 5.74) is 0.780. The second-order valence-electron chi connectivity index (χ2n) is 9.35. The molecule has 0 saturated heterocycles. The first-order valence-corrected chi connectivity index (χ1v) is 8.92. The van der Waals surface area contributed by atoms with Crippen LogP contribution in [0.5, 0.6) is 0 Å². The highest BCUT2D eigenvalue weighted by molar-refractivity contribution is 5.96. The Morgan fingerprint density at radius 3 is 2.21 bits per heavy atom. The van der Waals surface area contributed by atoms with Gasteiger partial charge >= 0.3 is 6.16 Å². The van der Waals surface area contributed by atoms with Crippen LogP contribution >= 0.6 is 0 Å². The number of carbonyl (C=O) groups is 2. The quantitative estimate of drug-likeness (QED) is 0.652. The van der Waals surface area contributed by atoms with Gasteiger partial charge in [0.2, 0.25) is 0 Å². The lowest BCUT2D eigenvalue weighted by Crippen LogP contribution is -2.34. The van der Waals surface area contributed by atoms with Gasteiger partial charge in [-0.1, -0.05) is 40.2 Å². The molecule has 0 aliphatic heterocycles. The molecule has 1 aliphatic rings. The lowest BCUT2D eigenvalue weighted by Gasteiger charge is -2.33. The summed E-state index contributed by atoms with van der Waals surface area (Å²) >= 11 is 0. The van der Waals surface area contributed by atoms with Crippen molar-refractivity contribution in [2.24, 2.45) is 17.3 Å². The zero-order valence-electron chi connectivity index (χ0n) is 16.6. The number of hydrogen-bond acceptors (Lipinski definition) is 4. The molecule has 0 aromatic carbocycles. The van der Waals surface area contributed by atoms with E-state index >= 15 is 0 Å². The Hall–Kier alpha value is -1.32. The zero-order chi connectivity index (χ0) is 18.7. The number of hydrogen-bond donors (Lipinski definition) is 0. The predicted octanol–water partition coefficient (Wildman–Crippen LogP) is 5.30. The highest BCUT2D eigenvalue weighted by atomic mass is 16.7. The molecule has 1 rings (SSSR count). The maximum atomic E-state index is 12.4. The molecule has 0 fully saturated rings. The lowest BCUT2D eigenvalue weighted by atomic mass is 9.73. The smallest absolute Gasteiger partial charge is 0.429 e. The van der Waals surface area contributed by atoms with E-state index in [2.05, 4.69) is 34.6 Å². The second kappa shape index (κ2) is 7.71. The lowest BCUT2D eigenvalue weighted by molar-refractivity contribution is -0.126. The molecule has 0 aromatic heterocycles. The van der Waals surface area contributed by atoms with Gasteiger partial charge < -0.3 is 9.47 Å². The fourth-order valence-corrected chi connectivity index (χ4v) is 3.04. The van der Waals surface area contributed by atoms with Crippen molar-refractivity contribution in [1.82, 2.24) is 0 Å². The van der Waals surface area contributed by atoms with Crippen LogP contribution in [-0.4, -0.2) is 23.6 Å². The summed E-state index contributed by atoms with van der Waals surface area (Å²) in [4.78, 5) is 24.2. The zero-order valence-corrected chi connectivity index (χ0v) is 16.6. The van der Waals surface area contributed by atoms with Gasteiger partial charge in [-0.2, -0.15) is 0 Å². The van der Waals surface area contributed by atoms with Gasteiger partial charge in [0.25, 0.3) is 0 Å². The fraction of sp³-hybridized carbons (Fsp3) is 0.800. The monoisotopic (exact) mass is 338 g/mol. The van der Waals surface area contributed by atoms with Crippen LogP contribution in [0.3, 0.4) is 0 Å². The molecule has 0 N–H and O–H groups in total. The van der Waals surface area contributed by atoms with Gasteiger partial charge in [-0.05, 0) is 63.4 Å². The van der Waals surface area contributed by atoms with Crippen molar-refractivity contribution in [2.45, 2.75) is 86.4 Å². The second-order valence-corrected chi connectivity index (χ2v) is 9.35. The van der Waals surface area contributed by atoms with Crippen LogP contribution in [0, 0.1) is 17.3 Å². The first-order valence-electron chi connectivity index (χ1n) is 8.92. The summed E-state index contributed by atoms with van der Waals surface area (Å²) in [6, 6.07) is 0. The summed E-state index contributed by atoms with van der Waals surface area (Å²) in [6.07, 6.45) is 2.59. The van der Waals surface area contributed by atoms with Crippen molar-refractivity contribution in [1.29, 1.82) is 0 Å². The summed E-state index contributed by atoms with van der Waals surface area (Å²) < 4.78 is 10.3. The Balaban J connectivity index is 2.77. The van der Waals surface area contributed by atoms with Crippen LogP contribution in [0.1, 0.15) is 74.7 Å². The molecule has 2 unspecified atom stereocenters. The van der Waals surface area contributed by atoms with Gasteiger partial charge in [-0.15, -0.1) is 0 Å². The molecule has 0 saturated carbocycles. The van der Waals surface area contributed by atoms with E-state index in [0.717, 1.165) is 12.8 Å². The van der Waals surface area contributed by atoms with Crippen LogP contribution in [0.2, 0.25) is 0 Å². The third kappa shape index (κ3) is 7.06. The molecule has 4 heteroatoms. The molecule has 0 aromatic rings. The van der Waals surface area contributed by atoms with E-state index in [4.69, 9.17) is 9.47 Å². The maximum Gasteiger partial charge on any atom is 0.509 e. The molecule has 0 amide bonds. The maximum absolute atomic E-state index is 12.4. The number of ether oxygens (including phenoxy) is 2. The largest absolute Gasteiger partial charge is 0.509 e. The van der Waals surface area contributed by atoms with Crippen LogP contribution in [0.15, 0.2) is 11.6 Å². The van der Waals surface area contributed by atoms with E-state index in [1.165, 1.54) is 5.57 Å². The molecule has 138 valence electrons. The van der Waals surface area contributed by atoms with Crippen molar-refractivity contribution in [3.8, 4) is 0 Å². The molecule has 0 spiro atoms. The normalized spacial score (nSPS) is 20.6. The van der Waals surface area contributed by atoms with E-state index in [1.807, 2.05) is 0 Å². The molecule has 4 nitrogen and oxygen atoms in total. The highest BCUT2D eigenvalue weighted by Gasteiger charge is 2.32. The summed E-state index contributed by atoms with van der Waals surface area (Å²) in [5.74, 6) is 0.740. The minimum Gasteiger partial charge on any atom is -0.429 e. The first kappa shape index (κ1) is 20.7. The molecule has 0 radical (unpaired) electrons. The first-order chi connectivity index (χ1) is 10.8. The van der Waals surface area contributed by atoms with E-state index in [9.17, 15) is 9.59 Å².